The highest BCUT2D eigenvalue weighted by Gasteiger charge is 2.48. The fraction of sp³-hybridized carbons (Fsp3) is 0.553. The number of carbonyl (C=O) groups is 10. The van der Waals surface area contributed by atoms with Crippen molar-refractivity contribution in [2.75, 3.05) is 39.3 Å². The summed E-state index contributed by atoms with van der Waals surface area (Å²) in [6, 6.07) is 19.0. The Morgan fingerprint density at radius 3 is 2.06 bits per heavy atom. The lowest BCUT2D eigenvalue weighted by molar-refractivity contribution is -0.168. The molecule has 3 aromatic carbocycles. The minimum Gasteiger partial charge on any atom is -0.481 e. The van der Waals surface area contributed by atoms with Crippen LogP contribution in [-0.4, -0.2) is 189 Å². The molecule has 6 amide bonds. The number of benzene rings is 3. The van der Waals surface area contributed by atoms with Crippen LogP contribution in [0.1, 0.15) is 155 Å². The summed E-state index contributed by atoms with van der Waals surface area (Å²) >= 11 is 0. The number of aliphatic carboxylic acids is 1. The molecule has 1 aliphatic carbocycles. The number of allylic oxidation sites excluding steroid dienone is 2. The first kappa shape index (κ1) is 80.3. The van der Waals surface area contributed by atoms with Crippen LogP contribution < -0.4 is 21.7 Å². The number of carboxylic acids is 1. The zero-order valence-electron chi connectivity index (χ0n) is 59.8. The third-order valence-corrected chi connectivity index (χ3v) is 19.4. The first-order chi connectivity index (χ1) is 48.3. The van der Waals surface area contributed by atoms with Crippen molar-refractivity contribution in [3.63, 3.8) is 0 Å². The monoisotopic (exact) mass is 1420 g/mol. The number of hydrogen-bond acceptors (Lipinski definition) is 19. The predicted molar refractivity (Wildman–Crippen MR) is 375 cm³/mol. The van der Waals surface area contributed by atoms with E-state index >= 15 is 0 Å². The van der Waals surface area contributed by atoms with E-state index in [1.807, 2.05) is 62.4 Å². The van der Waals surface area contributed by atoms with E-state index in [4.69, 9.17) is 34.2 Å². The van der Waals surface area contributed by atoms with E-state index < -0.39 is 138 Å². The number of piperazine rings is 1. The number of urea groups is 1. The molecule has 556 valence electrons. The molecule has 3 heterocycles. The van der Waals surface area contributed by atoms with Crippen LogP contribution >= 0.6 is 0 Å². The van der Waals surface area contributed by atoms with Gasteiger partial charge in [0.2, 0.25) is 5.91 Å². The number of carbonyl (C=O) groups excluding carboxylic acids is 9. The second-order valence-electron chi connectivity index (χ2n) is 28.0. The van der Waals surface area contributed by atoms with Crippen LogP contribution in [0.3, 0.4) is 0 Å². The fourth-order valence-corrected chi connectivity index (χ4v) is 13.3. The number of rotatable bonds is 31. The molecule has 2 saturated heterocycles. The number of cyclic esters (lactones) is 1. The zero-order chi connectivity index (χ0) is 74.6. The highest BCUT2D eigenvalue weighted by atomic mass is 16.6. The van der Waals surface area contributed by atoms with E-state index in [0.29, 0.717) is 29.5 Å². The molecule has 0 saturated carbocycles. The molecular formula is C76H102N6O20. The summed E-state index contributed by atoms with van der Waals surface area (Å²) in [7, 11) is 0. The van der Waals surface area contributed by atoms with Crippen LogP contribution in [0, 0.1) is 23.7 Å². The lowest BCUT2D eigenvalue weighted by Gasteiger charge is -2.38. The molecule has 102 heavy (non-hydrogen) atoms. The van der Waals surface area contributed by atoms with E-state index in [1.165, 1.54) is 16.7 Å². The Morgan fingerprint density at radius 1 is 0.833 bits per heavy atom. The number of Topliss-reactive ketones (excluding diaryl/α,β-unsaturated/α-hetero) is 2. The standard InChI is InChI=1S/C76H102N6O20/c1-10-61(85)48(6)69-64(99-69)42-75(8,96)32-15-17-46(4)68-47(5)23-29-65(76(9,102-49(7)83)33-31-52(84)40-67(90)101-68)100-74(95)82-37-35-81(36-38-82)73(94)98-43-51-26-24-50(25-27-51)39-62(86)59(22-16-34-78-71(77)92)79-70(91)57(45(2)3)41-63(87)60(28-30-66(88)89)80-72(93)97-44-58-55-20-13-11-18-53(55)54-19-12-14-21-56(54)58/h11-15,17-21,23-27,29,32,45,47-48,52,57-61,64-65,68-69,84-85,96H,10,16,22,28,30-31,33-44H2,1-9H3,(H,79,91)(H,80,93)(H,88,89)(H3,77,78,92)/b29-23+,32-15+,46-17+/t47-,48+,52+,57-,59-,60-,61-,64+,65-,68+,69+,75-,76+/m0/s1. The Morgan fingerprint density at radius 2 is 1.45 bits per heavy atom. The number of amides is 6. The van der Waals surface area contributed by atoms with Crippen molar-refractivity contribution in [2.24, 2.45) is 29.4 Å². The largest absolute Gasteiger partial charge is 0.481 e. The number of esters is 2. The number of aliphatic hydroxyl groups is 3. The number of ketones is 2. The molecular weight excluding hydrogens is 1320 g/mol. The Bertz CT molecular complexity index is 3480. The molecule has 13 atom stereocenters. The van der Waals surface area contributed by atoms with Crippen molar-refractivity contribution in [2.45, 2.75) is 205 Å². The number of nitrogens with one attached hydrogen (secondary N) is 3. The van der Waals surface area contributed by atoms with Gasteiger partial charge in [0.25, 0.3) is 0 Å². The molecule has 3 aromatic rings. The van der Waals surface area contributed by atoms with Crippen molar-refractivity contribution < 1.29 is 96.8 Å². The van der Waals surface area contributed by atoms with Crippen LogP contribution in [0.2, 0.25) is 0 Å². The van der Waals surface area contributed by atoms with Gasteiger partial charge >= 0.3 is 42.2 Å². The summed E-state index contributed by atoms with van der Waals surface area (Å²) in [5, 5.41) is 50.0. The van der Waals surface area contributed by atoms with Crippen LogP contribution in [0.25, 0.3) is 11.1 Å². The summed E-state index contributed by atoms with van der Waals surface area (Å²) in [5.74, 6) is -6.58. The number of nitrogens with zero attached hydrogens (tertiary/aromatic N) is 2. The molecule has 0 radical (unpaired) electrons. The number of hydrogen-bond donors (Lipinski definition) is 8. The van der Waals surface area contributed by atoms with Gasteiger partial charge in [0.1, 0.15) is 24.9 Å². The maximum absolute atomic E-state index is 14.2. The average Bonchev–Trinajstić information content (AvgIpc) is 1.61. The normalized spacial score (nSPS) is 23.2. The van der Waals surface area contributed by atoms with E-state index in [-0.39, 0.29) is 115 Å². The maximum atomic E-state index is 14.2. The second-order valence-corrected chi connectivity index (χ2v) is 28.0. The van der Waals surface area contributed by atoms with Gasteiger partial charge in [-0.1, -0.05) is 132 Å². The third-order valence-electron chi connectivity index (χ3n) is 19.4. The van der Waals surface area contributed by atoms with Crippen LogP contribution in [-0.2, 0) is 70.2 Å². The third kappa shape index (κ3) is 23.5. The number of primary amides is 1. The number of nitrogens with two attached hydrogens (primary N) is 1. The molecule has 0 aromatic heterocycles. The summed E-state index contributed by atoms with van der Waals surface area (Å²) in [4.78, 5) is 135. The molecule has 4 aliphatic rings. The minimum atomic E-state index is -1.51. The number of aliphatic hydroxyl groups excluding tert-OH is 2. The average molecular weight is 1420 g/mol. The Hall–Kier alpha value is -8.98. The van der Waals surface area contributed by atoms with Crippen molar-refractivity contribution in [3.05, 3.63) is 131 Å². The minimum absolute atomic E-state index is 0.0146. The fourth-order valence-electron chi connectivity index (χ4n) is 13.3. The summed E-state index contributed by atoms with van der Waals surface area (Å²) < 4.78 is 35.1. The van der Waals surface area contributed by atoms with Gasteiger partial charge in [-0.15, -0.1) is 0 Å². The molecule has 26 heteroatoms. The van der Waals surface area contributed by atoms with Crippen LogP contribution in [0.15, 0.2) is 109 Å². The van der Waals surface area contributed by atoms with Crippen LogP contribution in [0.5, 0.6) is 0 Å². The first-order valence-corrected chi connectivity index (χ1v) is 35.2. The maximum Gasteiger partial charge on any atom is 0.410 e. The lowest BCUT2D eigenvalue weighted by atomic mass is 9.86. The molecule has 3 aliphatic heterocycles. The van der Waals surface area contributed by atoms with Gasteiger partial charge in [0, 0.05) is 89.0 Å². The summed E-state index contributed by atoms with van der Waals surface area (Å²) in [6.45, 7) is 15.3. The number of carboxylic acid groups (broad SMARTS) is 1. The lowest BCUT2D eigenvalue weighted by Crippen LogP contribution is -2.53. The Balaban J connectivity index is 0.923. The smallest absolute Gasteiger partial charge is 0.410 e. The molecule has 0 unspecified atom stereocenters. The van der Waals surface area contributed by atoms with Gasteiger partial charge in [-0.3, -0.25) is 28.8 Å². The number of ether oxygens (including phenoxy) is 6. The first-order valence-electron chi connectivity index (χ1n) is 35.2. The molecule has 7 rings (SSSR count). The number of alkyl carbamates (subject to hydrolysis) is 1. The highest BCUT2D eigenvalue weighted by molar-refractivity contribution is 5.95. The van der Waals surface area contributed by atoms with Crippen LogP contribution in [0.4, 0.5) is 19.2 Å². The topological polar surface area (TPSA) is 379 Å². The van der Waals surface area contributed by atoms with Gasteiger partial charge in [-0.25, -0.2) is 19.2 Å². The van der Waals surface area contributed by atoms with Crippen molar-refractivity contribution in [3.8, 4) is 11.1 Å². The molecule has 26 nitrogen and oxygen atoms in total. The van der Waals surface area contributed by atoms with Gasteiger partial charge in [0.05, 0.1) is 48.5 Å². The van der Waals surface area contributed by atoms with E-state index in [0.717, 1.165) is 22.3 Å². The van der Waals surface area contributed by atoms with Crippen molar-refractivity contribution >= 4 is 59.7 Å². The van der Waals surface area contributed by atoms with Crippen molar-refractivity contribution in [1.29, 1.82) is 0 Å². The number of fused-ring (bicyclic) bond motifs is 3. The quantitative estimate of drug-likeness (QED) is 0.00749. The van der Waals surface area contributed by atoms with Gasteiger partial charge in [0.15, 0.2) is 17.7 Å². The number of epoxide rings is 1. The second kappa shape index (κ2) is 37.3. The van der Waals surface area contributed by atoms with Crippen molar-refractivity contribution in [1.82, 2.24) is 25.8 Å². The molecule has 9 N–H and O–H groups in total. The van der Waals surface area contributed by atoms with Gasteiger partial charge in [-0.2, -0.15) is 0 Å². The zero-order valence-corrected chi connectivity index (χ0v) is 59.8. The van der Waals surface area contributed by atoms with Gasteiger partial charge < -0.3 is 80.3 Å². The summed E-state index contributed by atoms with van der Waals surface area (Å²) in [6.07, 6.45) is 1.17. The van der Waals surface area contributed by atoms with Gasteiger partial charge in [-0.05, 0) is 110 Å². The molecule has 0 bridgehead atoms. The summed E-state index contributed by atoms with van der Waals surface area (Å²) in [5.41, 5.74) is 8.21. The Kier molecular flexibility index (Phi) is 29.4. The molecule has 0 spiro atoms. The Labute approximate surface area is 596 Å². The SMILES string of the molecule is CC[C@H](O)[C@@H](C)[C@H]1O[C@@H]1C[C@@](C)(O)/C=C/C=C(\C)[C@H]1OC(=O)C[C@H](O)CC[C@@](C)(OC(C)=O)[C@@H](OC(=O)N2CCN(C(=O)OCc3ccc(CC(=O)[C@H](CCCNC(N)=O)NC(=O)[C@@H](CC(=O)[C@H](CCC(=O)O)NC(=O)OCC4c5ccccc5-c5ccccc54)C(C)C)cc3)CC2)/C=C/[C@@H]1C. The highest BCUT2D eigenvalue weighted by Crippen LogP contribution is 2.45. The predicted octanol–water partition coefficient (Wildman–Crippen LogP) is 8.28. The molecule has 2 fully saturated rings. The van der Waals surface area contributed by atoms with E-state index in [1.54, 1.807) is 96.2 Å². The van der Waals surface area contributed by atoms with E-state index in [9.17, 15) is 68.4 Å². The van der Waals surface area contributed by atoms with E-state index in [2.05, 4.69) is 16.0 Å².